The first-order valence-electron chi connectivity index (χ1n) is 30.6. The first-order chi connectivity index (χ1) is 40.6. The Bertz CT molecular complexity index is 3390. The minimum atomic E-state index is -5.61. The third-order valence-electron chi connectivity index (χ3n) is 15.0. The van der Waals surface area contributed by atoms with Gasteiger partial charge >= 0.3 is 503 Å². The number of unbranched alkanes of at least 4 members (excludes halogenated alkanes) is 8. The molecule has 16 nitrogen and oxygen atoms in total. The zero-order chi connectivity index (χ0) is 58.0. The van der Waals surface area contributed by atoms with Crippen molar-refractivity contribution in [2.45, 2.75) is 158 Å². The number of fused-ring (bicyclic) bond motifs is 14. The molecule has 6 bridgehead atoms. The van der Waals surface area contributed by atoms with E-state index in [1.807, 2.05) is 54.1 Å². The van der Waals surface area contributed by atoms with E-state index in [1.165, 1.54) is 0 Å². The van der Waals surface area contributed by atoms with Crippen molar-refractivity contribution in [3.05, 3.63) is 81.8 Å². The molecule has 6 aromatic rings. The van der Waals surface area contributed by atoms with Crippen LogP contribution in [0.4, 0.5) is 11.6 Å². The third-order valence-corrected chi connectivity index (χ3v) is 25.0. The molecule has 0 unspecified atom stereocenters. The number of nitrogens with zero attached hydrogens (tertiary/aromatic N) is 8. The van der Waals surface area contributed by atoms with E-state index < -0.39 is 16.7 Å². The number of aromatic nitrogens is 2. The van der Waals surface area contributed by atoms with Crippen molar-refractivity contribution >= 4 is 91.0 Å². The Labute approximate surface area is 500 Å². The predicted molar refractivity (Wildman–Crippen MR) is 336 cm³/mol. The van der Waals surface area contributed by atoms with E-state index in [-0.39, 0.29) is 0 Å². The van der Waals surface area contributed by atoms with Crippen LogP contribution in [0.15, 0.2) is 78.5 Å². The standard InChI is InChI=1S/C64H80N8O8.2ClH.Sn/c1-9-17-25-73-49-33-41-42(34-50(49)74-26-18-10-2)58-65-57(41)69-59-43-35-51(75-27-19-11-3)52(76-28-20-12-4)36-44(43)61(66-59)71-63-47-39-55(79-31-23-15-7)56(80-32-24-16-8)40-48(47)64(68-63)72-62-46-38-54(78-30-22-14-6)53(77-29-21-13-5)37-45(46)60(67-62)70-58;;;/h33-40H,9-32H2,1-8H3;2*1H;/q-2;;;+4/p-2. The van der Waals surface area contributed by atoms with Gasteiger partial charge in [0.2, 0.25) is 0 Å². The van der Waals surface area contributed by atoms with Gasteiger partial charge in [-0.05, 0) is 0 Å². The molecule has 2 aromatic heterocycles. The Kier molecular flexibility index (Phi) is 20.2. The van der Waals surface area contributed by atoms with E-state index in [0.717, 1.165) is 103 Å². The van der Waals surface area contributed by atoms with Crippen LogP contribution < -0.4 is 48.9 Å². The molecule has 442 valence electrons. The summed E-state index contributed by atoms with van der Waals surface area (Å²) in [6.07, 6.45) is 14.5. The summed E-state index contributed by atoms with van der Waals surface area (Å²) in [5.41, 5.74) is 3.67. The molecule has 0 aliphatic carbocycles. The van der Waals surface area contributed by atoms with Crippen molar-refractivity contribution in [1.82, 2.24) is 5.58 Å². The quantitative estimate of drug-likeness (QED) is 0.0298. The molecule has 0 atom stereocenters. The van der Waals surface area contributed by atoms with Gasteiger partial charge in [-0.3, -0.25) is 0 Å². The molecule has 0 amide bonds. The van der Waals surface area contributed by atoms with Crippen LogP contribution in [-0.2, 0) is 0 Å². The second-order valence-corrected chi connectivity index (χ2v) is 35.3. The summed E-state index contributed by atoms with van der Waals surface area (Å²) in [5, 5.41) is 2.70. The monoisotopic (exact) mass is 1280 g/mol. The van der Waals surface area contributed by atoms with Gasteiger partial charge < -0.3 is 0 Å². The molecular formula is C64H80Cl2N8O8Sn. The molecule has 4 aliphatic rings. The van der Waals surface area contributed by atoms with E-state index in [0.29, 0.717) is 189 Å². The number of benzene rings is 4. The third kappa shape index (κ3) is 12.6. The Balaban J connectivity index is 1.38. The molecular weight excluding hydrogens is 1200 g/mol. The Morgan fingerprint density at radius 2 is 0.530 bits per heavy atom. The number of halogens is 2. The van der Waals surface area contributed by atoms with Crippen molar-refractivity contribution < 1.29 is 37.9 Å². The molecule has 4 aromatic carbocycles. The zero-order valence-corrected chi connectivity index (χ0v) is 54.1. The fourth-order valence-electron chi connectivity index (χ4n) is 10.2. The van der Waals surface area contributed by atoms with Crippen molar-refractivity contribution in [2.75, 3.05) is 52.9 Å². The van der Waals surface area contributed by atoms with Crippen LogP contribution in [0.5, 0.6) is 46.0 Å². The number of ether oxygens (including phenoxy) is 8. The number of hydrogen-bond acceptors (Lipinski definition) is 14. The van der Waals surface area contributed by atoms with Crippen LogP contribution in [0.1, 0.15) is 180 Å². The number of rotatable bonds is 32. The average Bonchev–Trinajstić information content (AvgIpc) is 2.31. The van der Waals surface area contributed by atoms with Gasteiger partial charge in [-0.2, -0.15) is 0 Å². The fourth-order valence-corrected chi connectivity index (χ4v) is 19.9. The van der Waals surface area contributed by atoms with E-state index in [4.69, 9.17) is 85.7 Å². The Hall–Kier alpha value is -5.98. The normalized spacial score (nSPS) is 14.2. The first kappa shape index (κ1) is 60.2. The van der Waals surface area contributed by atoms with Crippen LogP contribution in [-0.4, -0.2) is 98.4 Å². The summed E-state index contributed by atoms with van der Waals surface area (Å²) in [4.78, 5) is 33.3. The van der Waals surface area contributed by atoms with Gasteiger partial charge in [0.05, 0.1) is 0 Å². The molecule has 0 fully saturated rings. The number of amidine groups is 4. The molecule has 83 heavy (non-hydrogen) atoms. The van der Waals surface area contributed by atoms with Gasteiger partial charge in [-0.15, -0.1) is 0 Å². The SMILES string of the molecule is CCCCOc1cc2c(cc1OCCCC)C1=Nc3c4cc(OCCCC)c(OCCCC)cc4c4[n]3[Sn]([Cl])([Cl])[n]3c(c5cc(OCCCC)c(OCCCC)cc5c3=NC3=NC(=N4)c4cc(OCCCC)c(OCCCC)cc43)=NC2=N1. The van der Waals surface area contributed by atoms with Gasteiger partial charge in [-0.25, -0.2) is 0 Å². The zero-order valence-electron chi connectivity index (χ0n) is 49.7. The molecule has 19 heteroatoms. The van der Waals surface area contributed by atoms with E-state index in [1.54, 1.807) is 0 Å². The van der Waals surface area contributed by atoms with Gasteiger partial charge in [0.1, 0.15) is 0 Å². The van der Waals surface area contributed by atoms with Crippen LogP contribution in [0, 0.1) is 0 Å². The molecule has 0 saturated heterocycles. The van der Waals surface area contributed by atoms with Gasteiger partial charge in [0.15, 0.2) is 0 Å². The number of aliphatic imine (C=N–C) groups is 4. The van der Waals surface area contributed by atoms with Gasteiger partial charge in [0, 0.05) is 0 Å². The van der Waals surface area contributed by atoms with Gasteiger partial charge in [-0.1, -0.05) is 0 Å². The van der Waals surface area contributed by atoms with E-state index >= 15 is 0 Å². The number of hydrogen-bond donors (Lipinski definition) is 0. The first-order valence-corrected chi connectivity index (χ1v) is 40.4. The summed E-state index contributed by atoms with van der Waals surface area (Å²) >= 11 is -5.61. The Morgan fingerprint density at radius 3 is 0.783 bits per heavy atom. The fraction of sp³-hybridized carbons (Fsp3) is 0.500. The summed E-state index contributed by atoms with van der Waals surface area (Å²) in [6, 6.07) is 15.9. The predicted octanol–water partition coefficient (Wildman–Crippen LogP) is 15.3. The molecule has 0 spiro atoms. The molecule has 4 aliphatic heterocycles. The minimum absolute atomic E-state index is 0.388. The molecule has 0 saturated carbocycles. The summed E-state index contributed by atoms with van der Waals surface area (Å²) in [7, 11) is 17.2. The van der Waals surface area contributed by atoms with E-state index in [2.05, 4.69) is 55.4 Å². The van der Waals surface area contributed by atoms with E-state index in [9.17, 15) is 0 Å². The van der Waals surface area contributed by atoms with Crippen LogP contribution in [0.3, 0.4) is 0 Å². The summed E-state index contributed by atoms with van der Waals surface area (Å²) in [6.45, 7) is 21.1. The molecule has 10 rings (SSSR count). The van der Waals surface area contributed by atoms with Crippen molar-refractivity contribution in [2.24, 2.45) is 30.0 Å². The van der Waals surface area contributed by atoms with Crippen LogP contribution >= 0.6 is 17.8 Å². The Morgan fingerprint density at radius 1 is 0.301 bits per heavy atom. The topological polar surface area (TPSA) is 158 Å². The molecule has 0 radical (unpaired) electrons. The summed E-state index contributed by atoms with van der Waals surface area (Å²) in [5.74, 6) is 7.06. The summed E-state index contributed by atoms with van der Waals surface area (Å²) < 4.78 is 56.8. The van der Waals surface area contributed by atoms with Crippen molar-refractivity contribution in [3.63, 3.8) is 0 Å². The second kappa shape index (κ2) is 27.8. The average molecular weight is 1280 g/mol. The van der Waals surface area contributed by atoms with Gasteiger partial charge in [0.25, 0.3) is 0 Å². The molecule has 6 heterocycles. The maximum atomic E-state index is 8.59. The van der Waals surface area contributed by atoms with Crippen molar-refractivity contribution in [3.8, 4) is 46.0 Å². The van der Waals surface area contributed by atoms with Crippen LogP contribution in [0.2, 0.25) is 0 Å². The van der Waals surface area contributed by atoms with Crippen molar-refractivity contribution in [1.29, 1.82) is 0 Å². The van der Waals surface area contributed by atoms with Crippen LogP contribution in [0.25, 0.3) is 21.5 Å². The molecule has 0 N–H and O–H groups in total. The second-order valence-electron chi connectivity index (χ2n) is 21.4. The maximum absolute atomic E-state index is 8.59.